The Hall–Kier alpha value is -0.380. The Kier molecular flexibility index (Phi) is 11.7. The first-order chi connectivity index (χ1) is 11.7. The molecule has 2 rings (SSSR count). The van der Waals surface area contributed by atoms with Gasteiger partial charge in [0.15, 0.2) is 5.96 Å². The Labute approximate surface area is 173 Å². The van der Waals surface area contributed by atoms with Crippen LogP contribution < -0.4 is 10.6 Å². The van der Waals surface area contributed by atoms with E-state index in [4.69, 9.17) is 4.74 Å². The summed E-state index contributed by atoms with van der Waals surface area (Å²) >= 11 is 1.83. The van der Waals surface area contributed by atoms with E-state index in [9.17, 15) is 0 Å². The lowest BCUT2D eigenvalue weighted by Gasteiger charge is -2.29. The zero-order valence-electron chi connectivity index (χ0n) is 15.7. The minimum Gasteiger partial charge on any atom is -0.379 e. The lowest BCUT2D eigenvalue weighted by Crippen LogP contribution is -2.44. The van der Waals surface area contributed by atoms with Crippen LogP contribution in [0.4, 0.5) is 0 Å². The Bertz CT molecular complexity index is 477. The highest BCUT2D eigenvalue weighted by molar-refractivity contribution is 14.0. The zero-order valence-corrected chi connectivity index (χ0v) is 18.8. The summed E-state index contributed by atoms with van der Waals surface area (Å²) in [5, 5.41) is 9.05. The second kappa shape index (κ2) is 12.9. The minimum atomic E-state index is 0. The molecule has 0 bridgehead atoms. The van der Waals surface area contributed by atoms with E-state index < -0.39 is 0 Å². The summed E-state index contributed by atoms with van der Waals surface area (Å²) in [6, 6.07) is 4.33. The highest BCUT2D eigenvalue weighted by Gasteiger charge is 2.14. The molecule has 0 aromatic carbocycles. The lowest BCUT2D eigenvalue weighted by atomic mass is 10.1. The third-order valence-electron chi connectivity index (χ3n) is 4.26. The van der Waals surface area contributed by atoms with Gasteiger partial charge in [0.2, 0.25) is 0 Å². The van der Waals surface area contributed by atoms with Gasteiger partial charge in [-0.1, -0.05) is 19.9 Å². The number of guanidine groups is 1. The summed E-state index contributed by atoms with van der Waals surface area (Å²) in [6.07, 6.45) is 1.12. The second-order valence-electron chi connectivity index (χ2n) is 6.74. The van der Waals surface area contributed by atoms with E-state index in [1.807, 2.05) is 18.4 Å². The minimum absolute atomic E-state index is 0. The number of hydrogen-bond donors (Lipinski definition) is 2. The Morgan fingerprint density at radius 3 is 2.52 bits per heavy atom. The van der Waals surface area contributed by atoms with Crippen molar-refractivity contribution in [1.82, 2.24) is 15.5 Å². The molecule has 1 aliphatic rings. The Morgan fingerprint density at radius 1 is 1.24 bits per heavy atom. The molecule has 1 aromatic heterocycles. The lowest BCUT2D eigenvalue weighted by molar-refractivity contribution is 0.0320. The van der Waals surface area contributed by atoms with Crippen molar-refractivity contribution in [2.45, 2.75) is 20.3 Å². The fourth-order valence-corrected chi connectivity index (χ4v) is 3.77. The van der Waals surface area contributed by atoms with E-state index in [0.29, 0.717) is 11.8 Å². The molecule has 1 aliphatic heterocycles. The van der Waals surface area contributed by atoms with Crippen molar-refractivity contribution in [1.29, 1.82) is 0 Å². The van der Waals surface area contributed by atoms with Gasteiger partial charge in [0.1, 0.15) is 0 Å². The highest BCUT2D eigenvalue weighted by atomic mass is 127. The molecular formula is C18H33IN4OS. The van der Waals surface area contributed by atoms with E-state index in [1.54, 1.807) is 0 Å². The van der Waals surface area contributed by atoms with Crippen LogP contribution in [0.25, 0.3) is 0 Å². The van der Waals surface area contributed by atoms with Crippen molar-refractivity contribution >= 4 is 41.3 Å². The standard InChI is InChI=1S/C18H32N4OS.HI/c1-15(11-17-5-4-10-24-17)12-20-18(19-3)21-13-16(2)14-22-6-8-23-9-7-22;/h4-5,10,15-16H,6-9,11-14H2,1-3H3,(H2,19,20,21);1H. The number of nitrogens with zero attached hydrogens (tertiary/aromatic N) is 2. The molecule has 1 aromatic rings. The van der Waals surface area contributed by atoms with Gasteiger partial charge >= 0.3 is 0 Å². The molecule has 0 spiro atoms. The first-order valence-electron chi connectivity index (χ1n) is 8.94. The number of rotatable bonds is 8. The molecule has 2 atom stereocenters. The van der Waals surface area contributed by atoms with Gasteiger partial charge in [0.25, 0.3) is 0 Å². The number of aliphatic imine (C=N–C) groups is 1. The summed E-state index contributed by atoms with van der Waals surface area (Å²) in [4.78, 5) is 8.27. The summed E-state index contributed by atoms with van der Waals surface area (Å²) in [7, 11) is 1.84. The average molecular weight is 480 g/mol. The molecule has 2 unspecified atom stereocenters. The van der Waals surface area contributed by atoms with Crippen LogP contribution in [0.3, 0.4) is 0 Å². The number of morpholine rings is 1. The third-order valence-corrected chi connectivity index (χ3v) is 5.16. The molecule has 0 saturated carbocycles. The predicted octanol–water partition coefficient (Wildman–Crippen LogP) is 2.68. The quantitative estimate of drug-likeness (QED) is 0.341. The molecule has 1 saturated heterocycles. The molecule has 2 N–H and O–H groups in total. The van der Waals surface area contributed by atoms with E-state index in [2.05, 4.69) is 51.9 Å². The topological polar surface area (TPSA) is 48.9 Å². The number of hydrogen-bond acceptors (Lipinski definition) is 4. The summed E-state index contributed by atoms with van der Waals surface area (Å²) < 4.78 is 5.40. The predicted molar refractivity (Wildman–Crippen MR) is 118 cm³/mol. The Morgan fingerprint density at radius 2 is 1.92 bits per heavy atom. The van der Waals surface area contributed by atoms with Gasteiger partial charge in [-0.05, 0) is 29.7 Å². The van der Waals surface area contributed by atoms with E-state index >= 15 is 0 Å². The molecule has 0 radical (unpaired) electrons. The molecule has 5 nitrogen and oxygen atoms in total. The van der Waals surface area contributed by atoms with Gasteiger partial charge < -0.3 is 15.4 Å². The van der Waals surface area contributed by atoms with E-state index in [0.717, 1.165) is 58.3 Å². The van der Waals surface area contributed by atoms with Crippen LogP contribution in [0.15, 0.2) is 22.5 Å². The summed E-state index contributed by atoms with van der Waals surface area (Å²) in [6.45, 7) is 11.4. The number of halogens is 1. The molecule has 1 fully saturated rings. The number of nitrogens with one attached hydrogen (secondary N) is 2. The van der Waals surface area contributed by atoms with Crippen LogP contribution in [-0.2, 0) is 11.2 Å². The maximum absolute atomic E-state index is 5.40. The van der Waals surface area contributed by atoms with Gasteiger partial charge in [-0.3, -0.25) is 9.89 Å². The molecule has 25 heavy (non-hydrogen) atoms. The normalized spacial score (nSPS) is 18.3. The van der Waals surface area contributed by atoms with Gasteiger partial charge in [0, 0.05) is 44.6 Å². The van der Waals surface area contributed by atoms with Crippen molar-refractivity contribution in [3.05, 3.63) is 22.4 Å². The largest absolute Gasteiger partial charge is 0.379 e. The average Bonchev–Trinajstić information content (AvgIpc) is 3.09. The molecule has 7 heteroatoms. The summed E-state index contributed by atoms with van der Waals surface area (Å²) in [5.41, 5.74) is 0. The first-order valence-corrected chi connectivity index (χ1v) is 9.82. The monoisotopic (exact) mass is 480 g/mol. The summed E-state index contributed by atoms with van der Waals surface area (Å²) in [5.74, 6) is 2.08. The van der Waals surface area contributed by atoms with Crippen molar-refractivity contribution < 1.29 is 4.74 Å². The Balaban J connectivity index is 0.00000312. The number of thiophene rings is 1. The number of ether oxygens (including phenoxy) is 1. The molecule has 144 valence electrons. The fourth-order valence-electron chi connectivity index (χ4n) is 2.90. The zero-order chi connectivity index (χ0) is 17.2. The van der Waals surface area contributed by atoms with Crippen molar-refractivity contribution in [2.24, 2.45) is 16.8 Å². The van der Waals surface area contributed by atoms with Crippen molar-refractivity contribution in [3.63, 3.8) is 0 Å². The molecule has 0 aliphatic carbocycles. The van der Waals surface area contributed by atoms with Crippen LogP contribution in [0.5, 0.6) is 0 Å². The SMILES string of the molecule is CN=C(NCC(C)Cc1cccs1)NCC(C)CN1CCOCC1.I. The van der Waals surface area contributed by atoms with Crippen LogP contribution in [0.2, 0.25) is 0 Å². The molecular weight excluding hydrogens is 447 g/mol. The van der Waals surface area contributed by atoms with E-state index in [1.165, 1.54) is 4.88 Å². The highest BCUT2D eigenvalue weighted by Crippen LogP contribution is 2.13. The van der Waals surface area contributed by atoms with Crippen LogP contribution in [0.1, 0.15) is 18.7 Å². The van der Waals surface area contributed by atoms with Gasteiger partial charge in [0.05, 0.1) is 13.2 Å². The van der Waals surface area contributed by atoms with Crippen LogP contribution in [-0.4, -0.2) is 63.8 Å². The fraction of sp³-hybridized carbons (Fsp3) is 0.722. The van der Waals surface area contributed by atoms with Crippen LogP contribution in [0, 0.1) is 11.8 Å². The molecule has 2 heterocycles. The maximum atomic E-state index is 5.40. The first kappa shape index (κ1) is 22.7. The van der Waals surface area contributed by atoms with Gasteiger partial charge in [-0.2, -0.15) is 0 Å². The van der Waals surface area contributed by atoms with Crippen molar-refractivity contribution in [3.8, 4) is 0 Å². The second-order valence-corrected chi connectivity index (χ2v) is 7.77. The van der Waals surface area contributed by atoms with Gasteiger partial charge in [-0.15, -0.1) is 35.3 Å². The van der Waals surface area contributed by atoms with Crippen LogP contribution >= 0.6 is 35.3 Å². The third kappa shape index (κ3) is 9.21. The van der Waals surface area contributed by atoms with Crippen molar-refractivity contribution in [2.75, 3.05) is 53.0 Å². The van der Waals surface area contributed by atoms with E-state index in [-0.39, 0.29) is 24.0 Å². The maximum Gasteiger partial charge on any atom is 0.190 e. The van der Waals surface area contributed by atoms with Gasteiger partial charge in [-0.25, -0.2) is 0 Å². The molecule has 0 amide bonds. The smallest absolute Gasteiger partial charge is 0.190 e.